The second kappa shape index (κ2) is 13.5. The maximum absolute atomic E-state index is 2.59. The van der Waals surface area contributed by atoms with Gasteiger partial charge in [0.2, 0.25) is 0 Å². The highest BCUT2D eigenvalue weighted by molar-refractivity contribution is 5.43. The van der Waals surface area contributed by atoms with Crippen LogP contribution in [-0.4, -0.2) is 0 Å². The highest BCUT2D eigenvalue weighted by Crippen LogP contribution is 2.44. The number of benzene rings is 3. The lowest BCUT2D eigenvalue weighted by Crippen LogP contribution is -2.26. The molecule has 2 saturated carbocycles. The minimum atomic E-state index is 0.160. The summed E-state index contributed by atoms with van der Waals surface area (Å²) in [5.41, 5.74) is 12.1. The van der Waals surface area contributed by atoms with Crippen molar-refractivity contribution < 1.29 is 0 Å². The zero-order valence-corrected chi connectivity index (χ0v) is 27.9. The van der Waals surface area contributed by atoms with Crippen molar-refractivity contribution in [3.05, 3.63) is 105 Å². The molecule has 3 aromatic carbocycles. The van der Waals surface area contributed by atoms with Gasteiger partial charge in [0.15, 0.2) is 0 Å². The van der Waals surface area contributed by atoms with Gasteiger partial charge < -0.3 is 0 Å². The SMILES string of the molecule is CCc1cc(C2CCC(C3CCC(C)CC3)CC2)ccc1Cc1ccc(C)c(Cc2ccccc2C(C)(C)C(C)C)c1. The number of aryl methyl sites for hydroxylation is 2. The first-order valence-corrected chi connectivity index (χ1v) is 17.4. The van der Waals surface area contributed by atoms with E-state index in [4.69, 9.17) is 0 Å². The van der Waals surface area contributed by atoms with Crippen LogP contribution in [0.4, 0.5) is 0 Å². The van der Waals surface area contributed by atoms with E-state index in [2.05, 4.69) is 109 Å². The van der Waals surface area contributed by atoms with E-state index in [9.17, 15) is 0 Å². The largest absolute Gasteiger partial charge is 0.0625 e. The minimum absolute atomic E-state index is 0.160. The third kappa shape index (κ3) is 7.06. The van der Waals surface area contributed by atoms with Gasteiger partial charge in [-0.05, 0) is 144 Å². The van der Waals surface area contributed by atoms with Crippen LogP contribution in [0.3, 0.4) is 0 Å². The molecule has 42 heavy (non-hydrogen) atoms. The van der Waals surface area contributed by atoms with Crippen LogP contribution in [-0.2, 0) is 24.7 Å². The van der Waals surface area contributed by atoms with E-state index in [0.717, 1.165) is 42.9 Å². The summed E-state index contributed by atoms with van der Waals surface area (Å²) in [5, 5.41) is 0. The summed E-state index contributed by atoms with van der Waals surface area (Å²) < 4.78 is 0. The van der Waals surface area contributed by atoms with Crippen molar-refractivity contribution in [2.24, 2.45) is 23.7 Å². The van der Waals surface area contributed by atoms with E-state index < -0.39 is 0 Å². The third-order valence-electron chi connectivity index (χ3n) is 11.9. The number of rotatable bonds is 9. The Kier molecular flexibility index (Phi) is 10.0. The Hall–Kier alpha value is -2.34. The van der Waals surface area contributed by atoms with Gasteiger partial charge in [-0.2, -0.15) is 0 Å². The topological polar surface area (TPSA) is 0 Å². The van der Waals surface area contributed by atoms with Crippen molar-refractivity contribution in [2.75, 3.05) is 0 Å². The molecule has 0 spiro atoms. The first-order valence-electron chi connectivity index (χ1n) is 17.4. The van der Waals surface area contributed by atoms with Gasteiger partial charge >= 0.3 is 0 Å². The van der Waals surface area contributed by atoms with Crippen molar-refractivity contribution in [3.63, 3.8) is 0 Å². The van der Waals surface area contributed by atoms with Gasteiger partial charge in [0.05, 0.1) is 0 Å². The van der Waals surface area contributed by atoms with E-state index in [1.807, 2.05) is 0 Å². The Morgan fingerprint density at radius 1 is 0.690 bits per heavy atom. The maximum atomic E-state index is 2.59. The highest BCUT2D eigenvalue weighted by Gasteiger charge is 2.31. The average molecular weight is 563 g/mol. The fourth-order valence-corrected chi connectivity index (χ4v) is 8.15. The molecule has 0 unspecified atom stereocenters. The van der Waals surface area contributed by atoms with Crippen LogP contribution in [0.25, 0.3) is 0 Å². The van der Waals surface area contributed by atoms with Crippen LogP contribution >= 0.6 is 0 Å². The molecule has 0 aliphatic heterocycles. The Morgan fingerprint density at radius 2 is 1.36 bits per heavy atom. The van der Waals surface area contributed by atoms with Crippen LogP contribution in [0, 0.1) is 30.6 Å². The molecule has 0 atom stereocenters. The van der Waals surface area contributed by atoms with Crippen LogP contribution in [0.5, 0.6) is 0 Å². The van der Waals surface area contributed by atoms with E-state index in [1.165, 1.54) is 84.7 Å². The van der Waals surface area contributed by atoms with Gasteiger partial charge in [0, 0.05) is 0 Å². The average Bonchev–Trinajstić information content (AvgIpc) is 2.99. The Bertz CT molecular complexity index is 1310. The van der Waals surface area contributed by atoms with Crippen molar-refractivity contribution in [3.8, 4) is 0 Å². The standard InChI is InChI=1S/C42H58/c1-8-33-27-38(36-21-19-35(20-22-36)34-17-13-30(4)14-18-34)24-23-37(33)25-32-16-15-31(5)40(26-32)28-39-11-9-10-12-41(39)42(6,7)29(2)3/h9-12,15-16,23-24,26-27,29-30,34-36H,8,13-14,17-22,25,28H2,1-7H3. The van der Waals surface area contributed by atoms with E-state index in [-0.39, 0.29) is 5.41 Å². The maximum Gasteiger partial charge on any atom is -0.00201 e. The fraction of sp³-hybridized carbons (Fsp3) is 0.571. The molecule has 0 nitrogen and oxygen atoms in total. The van der Waals surface area contributed by atoms with E-state index in [0.29, 0.717) is 5.92 Å². The molecule has 2 aliphatic rings. The molecule has 0 amide bonds. The molecule has 2 fully saturated rings. The summed E-state index contributed by atoms with van der Waals surface area (Å²) in [5.74, 6) is 4.35. The summed E-state index contributed by atoms with van der Waals surface area (Å²) in [6.07, 6.45) is 14.8. The number of hydrogen-bond donors (Lipinski definition) is 0. The van der Waals surface area contributed by atoms with Crippen LogP contribution in [0.1, 0.15) is 143 Å². The predicted octanol–water partition coefficient (Wildman–Crippen LogP) is 11.8. The van der Waals surface area contributed by atoms with Crippen LogP contribution in [0.15, 0.2) is 60.7 Å². The summed E-state index contributed by atoms with van der Waals surface area (Å²) in [6, 6.07) is 23.9. The van der Waals surface area contributed by atoms with Gasteiger partial charge in [0.25, 0.3) is 0 Å². The Morgan fingerprint density at radius 3 is 2.02 bits per heavy atom. The molecule has 0 heterocycles. The molecule has 0 radical (unpaired) electrons. The van der Waals surface area contributed by atoms with Gasteiger partial charge in [-0.25, -0.2) is 0 Å². The second-order valence-corrected chi connectivity index (χ2v) is 15.2. The molecule has 5 rings (SSSR count). The molecule has 2 aliphatic carbocycles. The molecule has 0 aromatic heterocycles. The molecule has 0 N–H and O–H groups in total. The zero-order valence-electron chi connectivity index (χ0n) is 27.9. The Labute approximate surface area is 258 Å². The van der Waals surface area contributed by atoms with Crippen LogP contribution in [0.2, 0.25) is 0 Å². The fourth-order valence-electron chi connectivity index (χ4n) is 8.15. The summed E-state index contributed by atoms with van der Waals surface area (Å²) in [6.45, 7) is 16.6. The first kappa shape index (κ1) is 31.1. The van der Waals surface area contributed by atoms with Crippen molar-refractivity contribution in [1.29, 1.82) is 0 Å². The second-order valence-electron chi connectivity index (χ2n) is 15.2. The van der Waals surface area contributed by atoms with E-state index >= 15 is 0 Å². The highest BCUT2D eigenvalue weighted by atomic mass is 14.4. The lowest BCUT2D eigenvalue weighted by Gasteiger charge is -2.37. The van der Waals surface area contributed by atoms with Crippen molar-refractivity contribution in [2.45, 2.75) is 130 Å². The van der Waals surface area contributed by atoms with Gasteiger partial charge in [-0.1, -0.05) is 115 Å². The molecule has 3 aromatic rings. The smallest absolute Gasteiger partial charge is 0.00201 e. The van der Waals surface area contributed by atoms with E-state index in [1.54, 1.807) is 11.1 Å². The quantitative estimate of drug-likeness (QED) is 0.243. The van der Waals surface area contributed by atoms with Crippen molar-refractivity contribution in [1.82, 2.24) is 0 Å². The predicted molar refractivity (Wildman–Crippen MR) is 183 cm³/mol. The Balaban J connectivity index is 1.28. The zero-order chi connectivity index (χ0) is 29.9. The summed E-state index contributed by atoms with van der Waals surface area (Å²) in [4.78, 5) is 0. The van der Waals surface area contributed by atoms with Crippen LogP contribution < -0.4 is 0 Å². The monoisotopic (exact) mass is 562 g/mol. The first-order chi connectivity index (χ1) is 20.2. The molecule has 0 heteroatoms. The molecule has 0 saturated heterocycles. The molecule has 0 bridgehead atoms. The van der Waals surface area contributed by atoms with Gasteiger partial charge in [-0.3, -0.25) is 0 Å². The summed E-state index contributed by atoms with van der Waals surface area (Å²) >= 11 is 0. The molecular weight excluding hydrogens is 504 g/mol. The summed E-state index contributed by atoms with van der Waals surface area (Å²) in [7, 11) is 0. The molecular formula is C42H58. The minimum Gasteiger partial charge on any atom is -0.0625 e. The normalized spacial score (nSPS) is 23.3. The number of hydrogen-bond acceptors (Lipinski definition) is 0. The van der Waals surface area contributed by atoms with Gasteiger partial charge in [0.1, 0.15) is 0 Å². The lowest BCUT2D eigenvalue weighted by atomic mass is 9.68. The lowest BCUT2D eigenvalue weighted by molar-refractivity contribution is 0.165. The third-order valence-corrected chi connectivity index (χ3v) is 11.9. The van der Waals surface area contributed by atoms with Crippen molar-refractivity contribution >= 4 is 0 Å². The molecule has 226 valence electrons. The van der Waals surface area contributed by atoms with Gasteiger partial charge in [-0.15, -0.1) is 0 Å².